The quantitative estimate of drug-likeness (QED) is 0.166. The molecule has 0 fully saturated rings. The van der Waals surface area contributed by atoms with E-state index in [-0.39, 0.29) is 0 Å². The molecule has 0 amide bonds. The van der Waals surface area contributed by atoms with Crippen molar-refractivity contribution in [2.45, 2.75) is 34.6 Å². The first-order valence-corrected chi connectivity index (χ1v) is 15.2. The zero-order chi connectivity index (χ0) is 29.3. The molecule has 0 saturated carbocycles. The number of hydrogen-bond acceptors (Lipinski definition) is 3. The van der Waals surface area contributed by atoms with Gasteiger partial charge in [-0.05, 0) is 89.9 Å². The summed E-state index contributed by atoms with van der Waals surface area (Å²) in [4.78, 5) is 1.17. The number of hydrogen-bond donors (Lipinski definition) is 1. The molecule has 0 aliphatic carbocycles. The van der Waals surface area contributed by atoms with Crippen molar-refractivity contribution in [3.63, 3.8) is 0 Å². The van der Waals surface area contributed by atoms with Crippen molar-refractivity contribution in [1.82, 2.24) is 0 Å². The van der Waals surface area contributed by atoms with E-state index in [1.807, 2.05) is 51.2 Å². The van der Waals surface area contributed by atoms with Gasteiger partial charge in [0.15, 0.2) is 0 Å². The largest absolute Gasteiger partial charge is 0.356 e. The molecule has 4 aromatic rings. The molecule has 3 heteroatoms. The van der Waals surface area contributed by atoms with Gasteiger partial charge in [0.05, 0.1) is 0 Å². The lowest BCUT2D eigenvalue weighted by molar-refractivity contribution is 1.49. The third-order valence-corrected chi connectivity index (χ3v) is 7.79. The Balaban J connectivity index is 0.00000105. The van der Waals surface area contributed by atoms with Crippen molar-refractivity contribution in [1.29, 1.82) is 0 Å². The Kier molecular flexibility index (Phi) is 14.2. The van der Waals surface area contributed by atoms with E-state index < -0.39 is 0 Å². The SMILES string of the molecule is C=C/C(=C\c1csc(C=C)c1/C=C\C)Nc1ccc(/C=C/C=c2/sc3ccccc3/c2=C/C)cc1.C=CC.CC. The molecule has 0 radical (unpaired) electrons. The van der Waals surface area contributed by atoms with Gasteiger partial charge in [-0.25, -0.2) is 0 Å². The number of rotatable bonds is 8. The molecule has 0 aliphatic heterocycles. The zero-order valence-electron chi connectivity index (χ0n) is 24.4. The van der Waals surface area contributed by atoms with Crippen LogP contribution >= 0.6 is 22.7 Å². The molecule has 0 aliphatic rings. The van der Waals surface area contributed by atoms with Gasteiger partial charge >= 0.3 is 0 Å². The summed E-state index contributed by atoms with van der Waals surface area (Å²) in [6.45, 7) is 21.3. The number of benzene rings is 2. The summed E-state index contributed by atoms with van der Waals surface area (Å²) in [5.41, 5.74) is 5.48. The predicted molar refractivity (Wildman–Crippen MR) is 189 cm³/mol. The molecule has 4 rings (SSSR count). The number of nitrogens with one attached hydrogen (secondary N) is 1. The van der Waals surface area contributed by atoms with Crippen LogP contribution in [0.1, 0.15) is 56.2 Å². The summed E-state index contributed by atoms with van der Waals surface area (Å²) in [5, 5.41) is 8.26. The minimum Gasteiger partial charge on any atom is -0.356 e. The molecule has 0 bridgehead atoms. The van der Waals surface area contributed by atoms with Gasteiger partial charge in [0, 0.05) is 25.5 Å². The molecular formula is C37H41NS2. The topological polar surface area (TPSA) is 12.0 Å². The maximum atomic E-state index is 3.99. The second-order valence-corrected chi connectivity index (χ2v) is 10.3. The van der Waals surface area contributed by atoms with Crippen molar-refractivity contribution in [3.05, 3.63) is 135 Å². The predicted octanol–water partition coefficient (Wildman–Crippen LogP) is 10.8. The van der Waals surface area contributed by atoms with Crippen molar-refractivity contribution in [2.24, 2.45) is 0 Å². The zero-order valence-corrected chi connectivity index (χ0v) is 26.0. The average Bonchev–Trinajstić information content (AvgIpc) is 3.55. The highest BCUT2D eigenvalue weighted by atomic mass is 32.1. The fourth-order valence-corrected chi connectivity index (χ4v) is 5.94. The lowest BCUT2D eigenvalue weighted by Crippen LogP contribution is -2.17. The van der Waals surface area contributed by atoms with Gasteiger partial charge in [0.25, 0.3) is 0 Å². The van der Waals surface area contributed by atoms with Crippen LogP contribution in [-0.4, -0.2) is 0 Å². The summed E-state index contributed by atoms with van der Waals surface area (Å²) in [6.07, 6.45) is 20.5. The third-order valence-electron chi connectivity index (χ3n) is 5.63. The second-order valence-electron chi connectivity index (χ2n) is 8.32. The van der Waals surface area contributed by atoms with Crippen LogP contribution in [0.4, 0.5) is 5.69 Å². The van der Waals surface area contributed by atoms with Crippen LogP contribution < -0.4 is 15.1 Å². The third kappa shape index (κ3) is 8.81. The van der Waals surface area contributed by atoms with E-state index in [9.17, 15) is 0 Å². The van der Waals surface area contributed by atoms with Crippen LogP contribution in [0.5, 0.6) is 0 Å². The first-order chi connectivity index (χ1) is 19.6. The Labute approximate surface area is 248 Å². The van der Waals surface area contributed by atoms with Crippen LogP contribution in [0.25, 0.3) is 46.5 Å². The van der Waals surface area contributed by atoms with E-state index in [0.717, 1.165) is 22.5 Å². The number of allylic oxidation sites excluding steroid dienone is 4. The molecule has 0 saturated heterocycles. The molecule has 2 heterocycles. The summed E-state index contributed by atoms with van der Waals surface area (Å²) in [7, 11) is 0. The Hall–Kier alpha value is -3.92. The van der Waals surface area contributed by atoms with Crippen molar-refractivity contribution in [2.75, 3.05) is 5.32 Å². The molecule has 40 heavy (non-hydrogen) atoms. The smallest absolute Gasteiger partial charge is 0.0384 e. The molecular weight excluding hydrogens is 523 g/mol. The summed E-state index contributed by atoms with van der Waals surface area (Å²) in [5.74, 6) is 0. The van der Waals surface area contributed by atoms with Gasteiger partial charge in [0.1, 0.15) is 0 Å². The monoisotopic (exact) mass is 563 g/mol. The second kappa shape index (κ2) is 17.6. The van der Waals surface area contributed by atoms with Gasteiger partial charge < -0.3 is 5.32 Å². The highest BCUT2D eigenvalue weighted by Gasteiger charge is 2.06. The van der Waals surface area contributed by atoms with Crippen molar-refractivity contribution < 1.29 is 0 Å². The molecule has 206 valence electrons. The summed E-state index contributed by atoms with van der Waals surface area (Å²) < 4.78 is 2.61. The van der Waals surface area contributed by atoms with Crippen LogP contribution in [0.2, 0.25) is 0 Å². The van der Waals surface area contributed by atoms with E-state index in [2.05, 4.69) is 128 Å². The van der Waals surface area contributed by atoms with Crippen molar-refractivity contribution in [3.8, 4) is 0 Å². The normalized spacial score (nSPS) is 12.2. The molecule has 0 unspecified atom stereocenters. The van der Waals surface area contributed by atoms with Gasteiger partial charge in [0.2, 0.25) is 0 Å². The number of anilines is 1. The molecule has 1 N–H and O–H groups in total. The van der Waals surface area contributed by atoms with Gasteiger partial charge in [-0.15, -0.1) is 29.3 Å². The summed E-state index contributed by atoms with van der Waals surface area (Å²) in [6, 6.07) is 17.0. The fraction of sp³-hybridized carbons (Fsp3) is 0.135. The van der Waals surface area contributed by atoms with Crippen LogP contribution in [-0.2, 0) is 0 Å². The lowest BCUT2D eigenvalue weighted by Gasteiger charge is -2.08. The Morgan fingerprint density at radius 1 is 0.900 bits per heavy atom. The highest BCUT2D eigenvalue weighted by Crippen LogP contribution is 2.28. The first kappa shape index (κ1) is 32.3. The minimum absolute atomic E-state index is 0.953. The van der Waals surface area contributed by atoms with E-state index in [1.165, 1.54) is 30.3 Å². The number of fused-ring (bicyclic) bond motifs is 1. The minimum atomic E-state index is 0.953. The Bertz CT molecular complexity index is 1600. The van der Waals surface area contributed by atoms with Crippen LogP contribution in [0.3, 0.4) is 0 Å². The average molecular weight is 564 g/mol. The van der Waals surface area contributed by atoms with Gasteiger partial charge in [-0.3, -0.25) is 0 Å². The summed E-state index contributed by atoms with van der Waals surface area (Å²) >= 11 is 3.53. The molecule has 2 aromatic heterocycles. The van der Waals surface area contributed by atoms with E-state index >= 15 is 0 Å². The van der Waals surface area contributed by atoms with E-state index in [4.69, 9.17) is 0 Å². The molecule has 0 atom stereocenters. The Morgan fingerprint density at radius 2 is 1.60 bits per heavy atom. The Morgan fingerprint density at radius 3 is 2.23 bits per heavy atom. The van der Waals surface area contributed by atoms with Crippen LogP contribution in [0, 0.1) is 0 Å². The lowest BCUT2D eigenvalue weighted by atomic mass is 10.1. The maximum absolute atomic E-state index is 3.99. The van der Waals surface area contributed by atoms with E-state index in [1.54, 1.807) is 17.4 Å². The first-order valence-electron chi connectivity index (χ1n) is 13.6. The molecule has 0 spiro atoms. The van der Waals surface area contributed by atoms with Crippen molar-refractivity contribution >= 4 is 74.9 Å². The number of thiophene rings is 2. The van der Waals surface area contributed by atoms with Gasteiger partial charge in [-0.1, -0.05) is 99.9 Å². The molecule has 2 aromatic carbocycles. The standard InChI is InChI=1S/C32H29NS2.C3H6.C2H6/c1-5-12-28-24(22-34-30(28)8-4)21-25(6-2)33-26-19-17-23(18-20-26)13-11-16-31-27(7-3)29-14-9-10-15-32(29)35-31;1-3-2;1-2/h5-22,33H,2,4H2,1,3H3;3H,1H2,2H3;1-2H3/b12-5-,13-11+,25-21+,27-7-,31-16+;;. The highest BCUT2D eigenvalue weighted by molar-refractivity contribution is 7.17. The van der Waals surface area contributed by atoms with Gasteiger partial charge in [-0.2, -0.15) is 0 Å². The fourth-order valence-electron chi connectivity index (χ4n) is 3.92. The maximum Gasteiger partial charge on any atom is 0.0384 e. The van der Waals surface area contributed by atoms with E-state index in [0.29, 0.717) is 0 Å². The molecule has 1 nitrogen and oxygen atoms in total. The van der Waals surface area contributed by atoms with Crippen LogP contribution in [0.15, 0.2) is 104 Å².